The molecular formula is C52H73N13O14S2. The second-order valence-electron chi connectivity index (χ2n) is 19.7. The van der Waals surface area contributed by atoms with Crippen molar-refractivity contribution in [3.05, 3.63) is 90.1 Å². The standard InChI is InChI=1S/C52H73N13O14S2/c1-25(2)15-35(46(72)62-39(23-81)52(78)79)60-49(75)41(26(3)66)64-48(74)36(16-29-11-7-6-8-12-29)58-40(69)21-56-45(71)37(17-30-19-55-34-14-10-9-13-32(30)34)59-47(73)38(18-31-20-54-24-57-31)61-50(76)42(27(4)67)65-51(77)43(28(5)68)63-44(70)33(53)22-80/h6-14,19-20,24-28,33,35-39,41-43,55,66-68,80-81H,15-18,21-23,53H2,1-5H3,(H,54,57)(H,56,71)(H,58,69)(H,59,73)(H,60,75)(H,61,76)(H,62,72)(H,63,70)(H,64,74)(H,65,77)(H,78,79)/t26-,27-,28-,33+,35+,36+,37+,38+,39+,41+,42+,43+/m1/s1. The zero-order chi connectivity index (χ0) is 60.1. The summed E-state index contributed by atoms with van der Waals surface area (Å²) in [5.74, 6) is -10.5. The number of nitrogens with two attached hydrogens (primary N) is 1. The average molecular weight is 1170 g/mol. The highest BCUT2D eigenvalue weighted by molar-refractivity contribution is 7.80. The molecule has 0 unspecified atom stereocenters. The van der Waals surface area contributed by atoms with Gasteiger partial charge in [-0.3, -0.25) is 43.2 Å². The Bertz CT molecular complexity index is 2780. The number of aromatic nitrogens is 3. The van der Waals surface area contributed by atoms with E-state index in [0.717, 1.165) is 0 Å². The van der Waals surface area contributed by atoms with Crippen LogP contribution in [0.15, 0.2) is 73.3 Å². The maximum Gasteiger partial charge on any atom is 0.327 e. The number of para-hydroxylation sites is 1. The van der Waals surface area contributed by atoms with Crippen molar-refractivity contribution in [2.75, 3.05) is 18.1 Å². The minimum Gasteiger partial charge on any atom is -0.480 e. The van der Waals surface area contributed by atoms with Crippen LogP contribution in [0.2, 0.25) is 0 Å². The van der Waals surface area contributed by atoms with E-state index < -0.39 is 138 Å². The van der Waals surface area contributed by atoms with Crippen LogP contribution in [0.5, 0.6) is 0 Å². The predicted octanol–water partition coefficient (Wildman–Crippen LogP) is -3.63. The first-order valence-corrected chi connectivity index (χ1v) is 27.1. The van der Waals surface area contributed by atoms with Gasteiger partial charge in [0.1, 0.15) is 48.3 Å². The molecule has 17 N–H and O–H groups in total. The zero-order valence-electron chi connectivity index (χ0n) is 45.2. The normalized spacial score (nSPS) is 15.8. The number of aliphatic hydroxyl groups excluding tert-OH is 3. The molecule has 442 valence electrons. The number of fused-ring (bicyclic) bond motifs is 1. The van der Waals surface area contributed by atoms with Gasteiger partial charge in [0.2, 0.25) is 53.2 Å². The van der Waals surface area contributed by atoms with Crippen LogP contribution in [0.25, 0.3) is 10.9 Å². The molecule has 81 heavy (non-hydrogen) atoms. The Morgan fingerprint density at radius 3 is 1.60 bits per heavy atom. The molecule has 2 aromatic carbocycles. The first-order chi connectivity index (χ1) is 38.3. The molecule has 0 radical (unpaired) electrons. The van der Waals surface area contributed by atoms with E-state index in [0.29, 0.717) is 27.7 Å². The number of imidazole rings is 1. The lowest BCUT2D eigenvalue weighted by Gasteiger charge is -2.28. The molecule has 2 heterocycles. The Kier molecular flexibility index (Phi) is 26.1. The van der Waals surface area contributed by atoms with Gasteiger partial charge >= 0.3 is 5.97 Å². The molecule has 0 aliphatic rings. The number of hydrogen-bond acceptors (Lipinski definition) is 17. The third kappa shape index (κ3) is 20.5. The van der Waals surface area contributed by atoms with Gasteiger partial charge in [-0.15, -0.1) is 0 Å². The number of aliphatic hydroxyl groups is 3. The summed E-state index contributed by atoms with van der Waals surface area (Å²) in [4.78, 5) is 145. The number of nitrogens with one attached hydrogen (secondary N) is 11. The van der Waals surface area contributed by atoms with E-state index in [2.05, 4.69) is 88.1 Å². The number of aromatic amines is 2. The first-order valence-electron chi connectivity index (χ1n) is 25.8. The lowest BCUT2D eigenvalue weighted by molar-refractivity contribution is -0.142. The number of hydrogen-bond donors (Lipinski definition) is 18. The summed E-state index contributed by atoms with van der Waals surface area (Å²) in [5.41, 5.74) is 7.83. The minimum atomic E-state index is -1.78. The second-order valence-corrected chi connectivity index (χ2v) is 20.5. The Balaban J connectivity index is 1.59. The molecule has 4 rings (SSSR count). The molecule has 27 nitrogen and oxygen atoms in total. The zero-order valence-corrected chi connectivity index (χ0v) is 47.0. The van der Waals surface area contributed by atoms with E-state index in [9.17, 15) is 68.4 Å². The van der Waals surface area contributed by atoms with Gasteiger partial charge in [-0.1, -0.05) is 62.4 Å². The molecule has 0 fully saturated rings. The monoisotopic (exact) mass is 1170 g/mol. The molecule has 2 aromatic heterocycles. The molecule has 9 amide bonds. The van der Waals surface area contributed by atoms with Gasteiger partial charge in [-0.05, 0) is 50.3 Å². The fraction of sp³-hybridized carbons (Fsp3) is 0.481. The van der Waals surface area contributed by atoms with Crippen molar-refractivity contribution in [2.45, 2.75) is 133 Å². The van der Waals surface area contributed by atoms with Gasteiger partial charge in [-0.2, -0.15) is 25.3 Å². The molecule has 12 atom stereocenters. The molecule has 29 heteroatoms. The number of carboxylic acid groups (broad SMARTS) is 1. The van der Waals surface area contributed by atoms with Crippen molar-refractivity contribution < 1.29 is 68.4 Å². The molecule has 0 bridgehead atoms. The number of carbonyl (C=O) groups excluding carboxylic acids is 9. The summed E-state index contributed by atoms with van der Waals surface area (Å²) in [6.07, 6.45) is -1.01. The molecule has 0 saturated heterocycles. The van der Waals surface area contributed by atoms with Gasteiger partial charge < -0.3 is 84.0 Å². The number of amides is 9. The highest BCUT2D eigenvalue weighted by atomic mass is 32.1. The van der Waals surface area contributed by atoms with Crippen LogP contribution in [0.4, 0.5) is 0 Å². The van der Waals surface area contributed by atoms with E-state index in [1.807, 2.05) is 0 Å². The lowest BCUT2D eigenvalue weighted by atomic mass is 10.0. The Morgan fingerprint density at radius 2 is 1.05 bits per heavy atom. The number of carbonyl (C=O) groups is 10. The molecule has 0 aliphatic carbocycles. The van der Waals surface area contributed by atoms with Crippen molar-refractivity contribution in [1.29, 1.82) is 0 Å². The summed E-state index contributed by atoms with van der Waals surface area (Å²) < 4.78 is 0. The van der Waals surface area contributed by atoms with Crippen LogP contribution < -0.4 is 53.6 Å². The summed E-state index contributed by atoms with van der Waals surface area (Å²) in [5, 5.41) is 64.1. The molecule has 4 aromatic rings. The van der Waals surface area contributed by atoms with Crippen molar-refractivity contribution in [1.82, 2.24) is 62.8 Å². The van der Waals surface area contributed by atoms with E-state index in [1.165, 1.54) is 33.3 Å². The fourth-order valence-corrected chi connectivity index (χ4v) is 8.58. The van der Waals surface area contributed by atoms with Gasteiger partial charge in [0.05, 0.1) is 37.2 Å². The van der Waals surface area contributed by atoms with Crippen molar-refractivity contribution in [3.63, 3.8) is 0 Å². The largest absolute Gasteiger partial charge is 0.480 e. The summed E-state index contributed by atoms with van der Waals surface area (Å²) >= 11 is 7.94. The van der Waals surface area contributed by atoms with Crippen molar-refractivity contribution in [2.24, 2.45) is 11.7 Å². The summed E-state index contributed by atoms with van der Waals surface area (Å²) in [6, 6.07) is 2.02. The van der Waals surface area contributed by atoms with E-state index in [4.69, 9.17) is 5.73 Å². The first kappa shape index (κ1) is 65.9. The van der Waals surface area contributed by atoms with Gasteiger partial charge in [0.15, 0.2) is 0 Å². The number of H-pyrrole nitrogens is 2. The number of thiol groups is 2. The molecule has 0 saturated carbocycles. The van der Waals surface area contributed by atoms with Crippen LogP contribution in [0, 0.1) is 5.92 Å². The van der Waals surface area contributed by atoms with Crippen LogP contribution in [-0.4, -0.2) is 185 Å². The van der Waals surface area contributed by atoms with Gasteiger partial charge in [0.25, 0.3) is 0 Å². The molecular weight excluding hydrogens is 1090 g/mol. The average Bonchev–Trinajstić information content (AvgIpc) is 4.11. The number of carboxylic acids is 1. The smallest absolute Gasteiger partial charge is 0.327 e. The fourth-order valence-electron chi connectivity index (χ4n) is 8.16. The third-order valence-corrected chi connectivity index (χ3v) is 13.3. The number of rotatable bonds is 32. The summed E-state index contributed by atoms with van der Waals surface area (Å²) in [7, 11) is 0. The topological polar surface area (TPSA) is 430 Å². The molecule has 0 spiro atoms. The van der Waals surface area contributed by atoms with Crippen LogP contribution in [0.3, 0.4) is 0 Å². The molecule has 0 aliphatic heterocycles. The Labute approximate surface area is 477 Å². The Hall–Kier alpha value is -7.57. The lowest BCUT2D eigenvalue weighted by Crippen LogP contribution is -2.63. The van der Waals surface area contributed by atoms with E-state index in [1.54, 1.807) is 74.6 Å². The maximum absolute atomic E-state index is 14.5. The third-order valence-electron chi connectivity index (χ3n) is 12.6. The highest BCUT2D eigenvalue weighted by Crippen LogP contribution is 2.20. The maximum atomic E-state index is 14.5. The van der Waals surface area contributed by atoms with Crippen molar-refractivity contribution in [3.8, 4) is 0 Å². The number of benzene rings is 2. The minimum absolute atomic E-state index is 0.0419. The number of aliphatic carboxylic acids is 1. The number of nitrogens with zero attached hydrogens (tertiary/aromatic N) is 1. The Morgan fingerprint density at radius 1 is 0.556 bits per heavy atom. The van der Waals surface area contributed by atoms with E-state index >= 15 is 0 Å². The van der Waals surface area contributed by atoms with Crippen LogP contribution in [0.1, 0.15) is 57.9 Å². The SMILES string of the molecule is CC(C)C[C@H](NC(=O)[C@@H](NC(=O)[C@H](Cc1ccccc1)NC(=O)CNC(=O)[C@H](Cc1c[nH]c2ccccc12)NC(=O)[C@H](Cc1cnc[nH]1)NC(=O)[C@@H](NC(=O)[C@@H](NC(=O)[C@@H](N)CS)[C@@H](C)O)[C@@H](C)O)[C@@H](C)O)C(=O)N[C@@H](CS)C(=O)O. The second kappa shape index (κ2) is 32.0. The van der Waals surface area contributed by atoms with E-state index in [-0.39, 0.29) is 43.1 Å². The van der Waals surface area contributed by atoms with Gasteiger partial charge in [0, 0.05) is 59.8 Å². The van der Waals surface area contributed by atoms with Crippen LogP contribution >= 0.6 is 25.3 Å². The van der Waals surface area contributed by atoms with Crippen molar-refractivity contribution >= 4 is 95.3 Å². The quantitative estimate of drug-likeness (QED) is 0.0210. The predicted molar refractivity (Wildman–Crippen MR) is 301 cm³/mol. The highest BCUT2D eigenvalue weighted by Gasteiger charge is 2.37. The summed E-state index contributed by atoms with van der Waals surface area (Å²) in [6.45, 7) is 6.29. The van der Waals surface area contributed by atoms with Gasteiger partial charge in [-0.25, -0.2) is 9.78 Å². The van der Waals surface area contributed by atoms with Crippen LogP contribution in [-0.2, 0) is 67.2 Å².